The Kier molecular flexibility index (Phi) is 5.20. The number of hydrogen-bond donors (Lipinski definition) is 2. The number of benzene rings is 1. The smallest absolute Gasteiger partial charge is 0.236 e. The molecular weight excluding hydrogens is 288 g/mol. The average molecular weight is 309 g/mol. The van der Waals surface area contributed by atoms with E-state index in [1.54, 1.807) is 7.05 Å². The third-order valence-electron chi connectivity index (χ3n) is 3.97. The first-order valence-electron chi connectivity index (χ1n) is 7.15. The van der Waals surface area contributed by atoms with Crippen LogP contribution in [-0.2, 0) is 4.79 Å². The van der Waals surface area contributed by atoms with E-state index in [4.69, 9.17) is 0 Å². The zero-order valence-electron chi connectivity index (χ0n) is 12.1. The van der Waals surface area contributed by atoms with Crippen LogP contribution in [0.4, 0.5) is 0 Å². The van der Waals surface area contributed by atoms with Gasteiger partial charge < -0.3 is 15.2 Å². The second-order valence-corrected chi connectivity index (χ2v) is 5.32. The fourth-order valence-electron chi connectivity index (χ4n) is 2.83. The zero-order valence-corrected chi connectivity index (χ0v) is 12.9. The van der Waals surface area contributed by atoms with Crippen LogP contribution in [0.5, 0.6) is 0 Å². The van der Waals surface area contributed by atoms with E-state index in [1.807, 2.05) is 23.1 Å². The van der Waals surface area contributed by atoms with Crippen molar-refractivity contribution < 1.29 is 4.79 Å². The summed E-state index contributed by atoms with van der Waals surface area (Å²) in [5.41, 5.74) is 2.12. The maximum absolute atomic E-state index is 11.8. The molecule has 3 rings (SSSR count). The number of nitrogens with zero attached hydrogens (tertiary/aromatic N) is 2. The molecule has 1 aromatic carbocycles. The van der Waals surface area contributed by atoms with Crippen LogP contribution in [0.1, 0.15) is 24.6 Å². The van der Waals surface area contributed by atoms with Gasteiger partial charge in [-0.1, -0.05) is 12.1 Å². The summed E-state index contributed by atoms with van der Waals surface area (Å²) in [5, 5.41) is 2.92. The molecule has 1 aliphatic heterocycles. The highest BCUT2D eigenvalue weighted by atomic mass is 35.5. The van der Waals surface area contributed by atoms with Gasteiger partial charge >= 0.3 is 0 Å². The number of hydrogen-bond acceptors (Lipinski definition) is 3. The average Bonchev–Trinajstić information content (AvgIpc) is 2.91. The molecule has 0 radical (unpaired) electrons. The highest BCUT2D eigenvalue weighted by Crippen LogP contribution is 2.27. The van der Waals surface area contributed by atoms with Gasteiger partial charge in [-0.3, -0.25) is 4.79 Å². The number of likely N-dealkylation sites (N-methyl/N-ethyl adjacent to an activating group) is 1. The van der Waals surface area contributed by atoms with Crippen molar-refractivity contribution in [1.29, 1.82) is 0 Å². The van der Waals surface area contributed by atoms with Crippen LogP contribution >= 0.6 is 12.4 Å². The van der Waals surface area contributed by atoms with Gasteiger partial charge in [0.25, 0.3) is 0 Å². The summed E-state index contributed by atoms with van der Waals surface area (Å²) in [6.07, 6.45) is 1.96. The van der Waals surface area contributed by atoms with Gasteiger partial charge in [0.1, 0.15) is 5.82 Å². The van der Waals surface area contributed by atoms with E-state index in [0.717, 1.165) is 42.8 Å². The van der Waals surface area contributed by atoms with Crippen molar-refractivity contribution in [3.8, 4) is 0 Å². The molecule has 1 fully saturated rings. The van der Waals surface area contributed by atoms with Gasteiger partial charge in [-0.15, -0.1) is 12.4 Å². The minimum absolute atomic E-state index is 0. The van der Waals surface area contributed by atoms with E-state index < -0.39 is 0 Å². The molecule has 2 aromatic rings. The van der Waals surface area contributed by atoms with Gasteiger partial charge in [-0.2, -0.15) is 0 Å². The molecule has 1 aromatic heterocycles. The Hall–Kier alpha value is -1.59. The molecule has 2 N–H and O–H groups in total. The van der Waals surface area contributed by atoms with Crippen LogP contribution in [0.25, 0.3) is 11.0 Å². The third kappa shape index (κ3) is 3.36. The Morgan fingerprint density at radius 2 is 2.10 bits per heavy atom. The number of rotatable bonds is 3. The van der Waals surface area contributed by atoms with E-state index in [2.05, 4.69) is 21.4 Å². The van der Waals surface area contributed by atoms with Crippen molar-refractivity contribution in [2.24, 2.45) is 0 Å². The normalized spacial score (nSPS) is 16.0. The number of H-pyrrole nitrogens is 1. The van der Waals surface area contributed by atoms with Gasteiger partial charge in [0.2, 0.25) is 5.91 Å². The number of likely N-dealkylation sites (tertiary alicyclic amines) is 1. The lowest BCUT2D eigenvalue weighted by atomic mass is 9.96. The molecule has 5 nitrogen and oxygen atoms in total. The monoisotopic (exact) mass is 308 g/mol. The molecular formula is C15H21ClN4O. The number of carbonyl (C=O) groups is 1. The van der Waals surface area contributed by atoms with Crippen molar-refractivity contribution in [3.05, 3.63) is 30.1 Å². The second-order valence-electron chi connectivity index (χ2n) is 5.32. The lowest BCUT2D eigenvalue weighted by molar-refractivity contribution is -0.131. The van der Waals surface area contributed by atoms with Crippen LogP contribution in [0, 0.1) is 0 Å². The number of halogens is 1. The molecule has 0 spiro atoms. The number of aromatic amines is 1. The Morgan fingerprint density at radius 1 is 1.38 bits per heavy atom. The molecule has 0 unspecified atom stereocenters. The zero-order chi connectivity index (χ0) is 13.9. The molecule has 2 heterocycles. The summed E-state index contributed by atoms with van der Waals surface area (Å²) in [4.78, 5) is 21.8. The summed E-state index contributed by atoms with van der Waals surface area (Å²) in [5.74, 6) is 1.68. The summed E-state index contributed by atoms with van der Waals surface area (Å²) in [6.45, 7) is 2.07. The molecule has 0 atom stereocenters. The standard InChI is InChI=1S/C15H20N4O.ClH/c1-16-10-14(20)19-8-6-11(7-9-19)15-17-12-4-2-3-5-13(12)18-15;/h2-5,11,16H,6-10H2,1H3,(H,17,18);1H. The molecule has 21 heavy (non-hydrogen) atoms. The van der Waals surface area contributed by atoms with Crippen molar-refractivity contribution >= 4 is 29.3 Å². The number of imidazole rings is 1. The summed E-state index contributed by atoms with van der Waals surface area (Å²) >= 11 is 0. The quantitative estimate of drug-likeness (QED) is 0.910. The molecule has 6 heteroatoms. The third-order valence-corrected chi connectivity index (χ3v) is 3.97. The van der Waals surface area contributed by atoms with E-state index >= 15 is 0 Å². The molecule has 1 amide bonds. The Bertz CT molecular complexity index is 571. The molecule has 1 aliphatic rings. The van der Waals surface area contributed by atoms with Crippen molar-refractivity contribution in [2.75, 3.05) is 26.7 Å². The van der Waals surface area contributed by atoms with Gasteiger partial charge in [0.15, 0.2) is 0 Å². The molecule has 0 saturated carbocycles. The summed E-state index contributed by atoms with van der Waals surface area (Å²) in [6, 6.07) is 8.10. The van der Waals surface area contributed by atoms with E-state index in [0.29, 0.717) is 12.5 Å². The number of aromatic nitrogens is 2. The maximum Gasteiger partial charge on any atom is 0.236 e. The number of nitrogens with one attached hydrogen (secondary N) is 2. The number of para-hydroxylation sites is 2. The van der Waals surface area contributed by atoms with E-state index in [9.17, 15) is 4.79 Å². The number of amides is 1. The first kappa shape index (κ1) is 15.8. The summed E-state index contributed by atoms with van der Waals surface area (Å²) in [7, 11) is 1.80. The Balaban J connectivity index is 0.00000161. The minimum atomic E-state index is 0. The van der Waals surface area contributed by atoms with Gasteiger partial charge in [-0.25, -0.2) is 4.98 Å². The van der Waals surface area contributed by atoms with Crippen LogP contribution < -0.4 is 5.32 Å². The SMILES string of the molecule is CNCC(=O)N1CCC(c2nc3ccccc3[nH]2)CC1.Cl. The van der Waals surface area contributed by atoms with Gasteiger partial charge in [-0.05, 0) is 32.0 Å². The topological polar surface area (TPSA) is 61.0 Å². The van der Waals surface area contributed by atoms with Crippen molar-refractivity contribution in [1.82, 2.24) is 20.2 Å². The highest BCUT2D eigenvalue weighted by Gasteiger charge is 2.25. The first-order chi connectivity index (χ1) is 9.78. The van der Waals surface area contributed by atoms with Gasteiger partial charge in [0.05, 0.1) is 17.6 Å². The van der Waals surface area contributed by atoms with Crippen molar-refractivity contribution in [3.63, 3.8) is 0 Å². The Labute approximate surface area is 130 Å². The lowest BCUT2D eigenvalue weighted by Gasteiger charge is -2.31. The van der Waals surface area contributed by atoms with Crippen LogP contribution in [0.3, 0.4) is 0 Å². The molecule has 0 bridgehead atoms. The number of piperidine rings is 1. The highest BCUT2D eigenvalue weighted by molar-refractivity contribution is 5.85. The molecule has 114 valence electrons. The largest absolute Gasteiger partial charge is 0.342 e. The fourth-order valence-corrected chi connectivity index (χ4v) is 2.83. The minimum Gasteiger partial charge on any atom is -0.342 e. The Morgan fingerprint density at radius 3 is 2.76 bits per heavy atom. The van der Waals surface area contributed by atoms with E-state index in [1.165, 1.54) is 0 Å². The fraction of sp³-hybridized carbons (Fsp3) is 0.467. The van der Waals surface area contributed by atoms with Gasteiger partial charge in [0, 0.05) is 19.0 Å². The van der Waals surface area contributed by atoms with Crippen LogP contribution in [0.2, 0.25) is 0 Å². The summed E-state index contributed by atoms with van der Waals surface area (Å²) < 4.78 is 0. The number of carbonyl (C=O) groups excluding carboxylic acids is 1. The lowest BCUT2D eigenvalue weighted by Crippen LogP contribution is -2.42. The first-order valence-corrected chi connectivity index (χ1v) is 7.15. The van der Waals surface area contributed by atoms with Crippen molar-refractivity contribution in [2.45, 2.75) is 18.8 Å². The molecule has 1 saturated heterocycles. The van der Waals surface area contributed by atoms with Crippen LogP contribution in [0.15, 0.2) is 24.3 Å². The maximum atomic E-state index is 11.8. The predicted octanol–water partition coefficient (Wildman–Crippen LogP) is 1.91. The predicted molar refractivity (Wildman–Crippen MR) is 85.8 cm³/mol. The second kappa shape index (κ2) is 6.91. The van der Waals surface area contributed by atoms with E-state index in [-0.39, 0.29) is 18.3 Å². The number of fused-ring (bicyclic) bond motifs is 1. The van der Waals surface area contributed by atoms with Crippen LogP contribution in [-0.4, -0.2) is 47.5 Å². The molecule has 0 aliphatic carbocycles.